The molecule has 0 saturated carbocycles. The molecule has 0 aromatic carbocycles. The summed E-state index contributed by atoms with van der Waals surface area (Å²) in [6.45, 7) is 9.53. The van der Waals surface area contributed by atoms with Gasteiger partial charge in [0, 0.05) is 11.3 Å². The quantitative estimate of drug-likeness (QED) is 0.802. The minimum absolute atomic E-state index is 0.271. The van der Waals surface area contributed by atoms with Gasteiger partial charge in [-0.05, 0) is 38.6 Å². The van der Waals surface area contributed by atoms with Crippen LogP contribution in [0.5, 0.6) is 0 Å². The van der Waals surface area contributed by atoms with Crippen molar-refractivity contribution in [3.8, 4) is 0 Å². The van der Waals surface area contributed by atoms with Crippen LogP contribution in [0.2, 0.25) is 0 Å². The van der Waals surface area contributed by atoms with E-state index in [1.165, 1.54) is 34.8 Å². The lowest BCUT2D eigenvalue weighted by atomic mass is 9.77. The molecule has 1 atom stereocenters. The Morgan fingerprint density at radius 3 is 2.41 bits per heavy atom. The molecule has 98 valence electrons. The van der Waals surface area contributed by atoms with Gasteiger partial charge in [-0.2, -0.15) is 0 Å². The number of unbranched alkanes of at least 4 members (excludes halogenated alkanes) is 1. The fourth-order valence-electron chi connectivity index (χ4n) is 2.20. The van der Waals surface area contributed by atoms with Crippen molar-refractivity contribution in [1.29, 1.82) is 0 Å². The van der Waals surface area contributed by atoms with E-state index in [9.17, 15) is 0 Å². The molecule has 0 spiro atoms. The van der Waals surface area contributed by atoms with Gasteiger partial charge in [0.15, 0.2) is 0 Å². The zero-order valence-corrected chi connectivity index (χ0v) is 12.5. The molecule has 0 fully saturated rings. The van der Waals surface area contributed by atoms with Crippen LogP contribution >= 0.6 is 11.3 Å². The summed E-state index contributed by atoms with van der Waals surface area (Å²) in [6.07, 6.45) is 5.96. The van der Waals surface area contributed by atoms with E-state index in [4.69, 9.17) is 5.73 Å². The van der Waals surface area contributed by atoms with Crippen LogP contribution in [0.15, 0.2) is 0 Å². The first-order chi connectivity index (χ1) is 8.06. The predicted molar refractivity (Wildman–Crippen MR) is 76.6 cm³/mol. The van der Waals surface area contributed by atoms with Crippen LogP contribution in [0.1, 0.15) is 55.1 Å². The van der Waals surface area contributed by atoms with Crippen molar-refractivity contribution >= 4 is 11.3 Å². The molecule has 1 aromatic heterocycles. The smallest absolute Gasteiger partial charge is 0.0936 e. The normalized spacial score (nSPS) is 14.9. The largest absolute Gasteiger partial charge is 0.330 e. The number of aromatic nitrogens is 1. The molecule has 17 heavy (non-hydrogen) atoms. The average molecular weight is 254 g/mol. The molecule has 1 rings (SSSR count). The second-order valence-electron chi connectivity index (χ2n) is 5.09. The number of nitrogens with zero attached hydrogens (tertiary/aromatic N) is 1. The Balaban J connectivity index is 2.78. The van der Waals surface area contributed by atoms with Crippen molar-refractivity contribution in [3.63, 3.8) is 0 Å². The van der Waals surface area contributed by atoms with E-state index in [1.54, 1.807) is 0 Å². The van der Waals surface area contributed by atoms with E-state index in [0.29, 0.717) is 0 Å². The van der Waals surface area contributed by atoms with Crippen molar-refractivity contribution < 1.29 is 0 Å². The molecular formula is C14H26N2S. The van der Waals surface area contributed by atoms with Gasteiger partial charge >= 0.3 is 0 Å². The number of hydrogen-bond donors (Lipinski definition) is 1. The van der Waals surface area contributed by atoms with E-state index in [1.807, 2.05) is 11.3 Å². The molecule has 1 heterocycles. The second kappa shape index (κ2) is 6.50. The van der Waals surface area contributed by atoms with E-state index in [2.05, 4.69) is 32.7 Å². The van der Waals surface area contributed by atoms with E-state index in [-0.39, 0.29) is 5.41 Å². The first kappa shape index (κ1) is 14.7. The highest BCUT2D eigenvalue weighted by molar-refractivity contribution is 7.11. The van der Waals surface area contributed by atoms with Crippen LogP contribution < -0.4 is 5.73 Å². The van der Waals surface area contributed by atoms with Crippen molar-refractivity contribution in [2.75, 3.05) is 6.54 Å². The summed E-state index contributed by atoms with van der Waals surface area (Å²) in [5.74, 6) is 0. The third kappa shape index (κ3) is 3.78. The summed E-state index contributed by atoms with van der Waals surface area (Å²) in [5.41, 5.74) is 7.48. The van der Waals surface area contributed by atoms with Crippen LogP contribution in [0.3, 0.4) is 0 Å². The van der Waals surface area contributed by atoms with Gasteiger partial charge in [-0.1, -0.05) is 26.7 Å². The SMILES string of the molecule is CCCCC(CC)(CN)Cc1nc(C)c(C)s1. The van der Waals surface area contributed by atoms with Crippen LogP contribution in [0, 0.1) is 19.3 Å². The highest BCUT2D eigenvalue weighted by Crippen LogP contribution is 2.33. The lowest BCUT2D eigenvalue weighted by Crippen LogP contribution is -2.32. The first-order valence-electron chi connectivity index (χ1n) is 6.70. The first-order valence-corrected chi connectivity index (χ1v) is 7.51. The van der Waals surface area contributed by atoms with Gasteiger partial charge in [0.25, 0.3) is 0 Å². The fraction of sp³-hybridized carbons (Fsp3) is 0.786. The van der Waals surface area contributed by atoms with Crippen molar-refractivity contribution in [1.82, 2.24) is 4.98 Å². The maximum Gasteiger partial charge on any atom is 0.0936 e. The predicted octanol–water partition coefficient (Wildman–Crippen LogP) is 3.85. The van der Waals surface area contributed by atoms with E-state index >= 15 is 0 Å². The Morgan fingerprint density at radius 2 is 2.00 bits per heavy atom. The summed E-state index contributed by atoms with van der Waals surface area (Å²) in [6, 6.07) is 0. The molecule has 2 nitrogen and oxygen atoms in total. The lowest BCUT2D eigenvalue weighted by molar-refractivity contribution is 0.251. The second-order valence-corrected chi connectivity index (χ2v) is 6.37. The summed E-state index contributed by atoms with van der Waals surface area (Å²) >= 11 is 1.84. The minimum Gasteiger partial charge on any atom is -0.330 e. The summed E-state index contributed by atoms with van der Waals surface area (Å²) < 4.78 is 0. The van der Waals surface area contributed by atoms with Crippen molar-refractivity contribution in [2.45, 2.75) is 59.8 Å². The van der Waals surface area contributed by atoms with E-state index < -0.39 is 0 Å². The van der Waals surface area contributed by atoms with Crippen LogP contribution in [-0.4, -0.2) is 11.5 Å². The highest BCUT2D eigenvalue weighted by atomic mass is 32.1. The summed E-state index contributed by atoms with van der Waals surface area (Å²) in [5, 5.41) is 1.27. The minimum atomic E-state index is 0.271. The Hall–Kier alpha value is -0.410. The van der Waals surface area contributed by atoms with Crippen LogP contribution in [0.25, 0.3) is 0 Å². The standard InChI is InChI=1S/C14H26N2S/c1-5-7-8-14(6-2,10-15)9-13-16-11(3)12(4)17-13/h5-10,15H2,1-4H3. The van der Waals surface area contributed by atoms with Crippen LogP contribution in [-0.2, 0) is 6.42 Å². The topological polar surface area (TPSA) is 38.9 Å². The van der Waals surface area contributed by atoms with Gasteiger partial charge < -0.3 is 5.73 Å². The number of hydrogen-bond acceptors (Lipinski definition) is 3. The molecule has 1 unspecified atom stereocenters. The fourth-order valence-corrected chi connectivity index (χ4v) is 3.30. The summed E-state index contributed by atoms with van der Waals surface area (Å²) in [7, 11) is 0. The molecule has 3 heteroatoms. The molecule has 1 aromatic rings. The Kier molecular flexibility index (Phi) is 5.60. The molecule has 0 aliphatic carbocycles. The Labute approximate surface area is 110 Å². The van der Waals surface area contributed by atoms with Gasteiger partial charge in [-0.15, -0.1) is 11.3 Å². The molecule has 2 N–H and O–H groups in total. The van der Waals surface area contributed by atoms with Gasteiger partial charge in [-0.25, -0.2) is 4.98 Å². The Morgan fingerprint density at radius 1 is 1.29 bits per heavy atom. The maximum atomic E-state index is 6.03. The molecule has 0 aliphatic rings. The number of aryl methyl sites for hydroxylation is 2. The third-order valence-electron chi connectivity index (χ3n) is 3.84. The van der Waals surface area contributed by atoms with Gasteiger partial charge in [0.05, 0.1) is 10.7 Å². The third-order valence-corrected chi connectivity index (χ3v) is 4.92. The zero-order chi connectivity index (χ0) is 12.9. The molecular weight excluding hydrogens is 228 g/mol. The Bertz CT molecular complexity index is 320. The van der Waals surface area contributed by atoms with Gasteiger partial charge in [-0.3, -0.25) is 0 Å². The van der Waals surface area contributed by atoms with Gasteiger partial charge in [0.1, 0.15) is 0 Å². The molecule has 0 aliphatic heterocycles. The number of nitrogens with two attached hydrogens (primary N) is 1. The monoisotopic (exact) mass is 254 g/mol. The van der Waals surface area contributed by atoms with Crippen molar-refractivity contribution in [3.05, 3.63) is 15.6 Å². The van der Waals surface area contributed by atoms with Crippen molar-refractivity contribution in [2.24, 2.45) is 11.1 Å². The molecule has 0 bridgehead atoms. The van der Waals surface area contributed by atoms with E-state index in [0.717, 1.165) is 19.4 Å². The number of rotatable bonds is 7. The zero-order valence-electron chi connectivity index (χ0n) is 11.7. The molecule has 0 radical (unpaired) electrons. The molecule has 0 saturated heterocycles. The van der Waals surface area contributed by atoms with Crippen LogP contribution in [0.4, 0.5) is 0 Å². The maximum absolute atomic E-state index is 6.03. The summed E-state index contributed by atoms with van der Waals surface area (Å²) in [4.78, 5) is 6.01. The number of thiazole rings is 1. The molecule has 0 amide bonds. The lowest BCUT2D eigenvalue weighted by Gasteiger charge is -2.30. The van der Waals surface area contributed by atoms with Gasteiger partial charge in [0.2, 0.25) is 0 Å². The average Bonchev–Trinajstić information content (AvgIpc) is 2.64. The highest BCUT2D eigenvalue weighted by Gasteiger charge is 2.27.